The molecule has 21 heavy (non-hydrogen) atoms. The minimum atomic E-state index is 0.0618. The van der Waals surface area contributed by atoms with Crippen LogP contribution in [-0.4, -0.2) is 28.7 Å². The molecule has 0 N–H and O–H groups in total. The average Bonchev–Trinajstić information content (AvgIpc) is 2.89. The molecule has 0 spiro atoms. The maximum Gasteiger partial charge on any atom is 0.234 e. The second kappa shape index (κ2) is 6.18. The highest BCUT2D eigenvalue weighted by Crippen LogP contribution is 2.39. The van der Waals surface area contributed by atoms with Crippen molar-refractivity contribution in [2.75, 3.05) is 12.9 Å². The zero-order valence-electron chi connectivity index (χ0n) is 11.7. The molecule has 0 radical (unpaired) electrons. The highest BCUT2D eigenvalue weighted by molar-refractivity contribution is 8.00. The molecule has 1 amide bonds. The molecular formula is C16H16N2O2S. The van der Waals surface area contributed by atoms with E-state index < -0.39 is 0 Å². The summed E-state index contributed by atoms with van der Waals surface area (Å²) < 4.78 is 5.24. The third-order valence-corrected chi connectivity index (χ3v) is 4.70. The van der Waals surface area contributed by atoms with Gasteiger partial charge in [0.05, 0.1) is 12.9 Å². The lowest BCUT2D eigenvalue weighted by Crippen LogP contribution is -2.27. The lowest BCUT2D eigenvalue weighted by molar-refractivity contribution is -0.128. The first-order chi connectivity index (χ1) is 10.3. The number of pyridine rings is 1. The molecule has 5 heteroatoms. The van der Waals surface area contributed by atoms with Gasteiger partial charge in [-0.15, -0.1) is 11.8 Å². The van der Waals surface area contributed by atoms with E-state index in [1.807, 2.05) is 41.3 Å². The lowest BCUT2D eigenvalue weighted by atomic mass is 10.1. The highest BCUT2D eigenvalue weighted by atomic mass is 32.2. The summed E-state index contributed by atoms with van der Waals surface area (Å²) in [6.07, 6.45) is 3.53. The van der Waals surface area contributed by atoms with E-state index in [0.29, 0.717) is 12.3 Å². The Hall–Kier alpha value is -2.01. The van der Waals surface area contributed by atoms with Crippen molar-refractivity contribution < 1.29 is 9.53 Å². The molecule has 1 aliphatic rings. The summed E-state index contributed by atoms with van der Waals surface area (Å²) in [6, 6.07) is 11.8. The van der Waals surface area contributed by atoms with E-state index in [9.17, 15) is 4.79 Å². The zero-order valence-corrected chi connectivity index (χ0v) is 12.5. The molecule has 3 rings (SSSR count). The average molecular weight is 300 g/mol. The van der Waals surface area contributed by atoms with Crippen molar-refractivity contribution in [3.05, 3.63) is 59.9 Å². The number of benzene rings is 1. The van der Waals surface area contributed by atoms with Crippen molar-refractivity contribution in [3.63, 3.8) is 0 Å². The van der Waals surface area contributed by atoms with Gasteiger partial charge in [-0.25, -0.2) is 0 Å². The van der Waals surface area contributed by atoms with Gasteiger partial charge in [-0.05, 0) is 35.4 Å². The summed E-state index contributed by atoms with van der Waals surface area (Å²) in [4.78, 5) is 18.1. The van der Waals surface area contributed by atoms with E-state index in [4.69, 9.17) is 4.74 Å². The Bertz CT molecular complexity index is 633. The number of rotatable bonds is 4. The molecule has 4 nitrogen and oxygen atoms in total. The van der Waals surface area contributed by atoms with Crippen LogP contribution in [0.2, 0.25) is 0 Å². The van der Waals surface area contributed by atoms with Crippen LogP contribution in [0.3, 0.4) is 0 Å². The molecule has 1 fully saturated rings. The molecule has 108 valence electrons. The highest BCUT2D eigenvalue weighted by Gasteiger charge is 2.32. The van der Waals surface area contributed by atoms with Gasteiger partial charge in [-0.1, -0.05) is 12.1 Å². The second-order valence-electron chi connectivity index (χ2n) is 4.82. The van der Waals surface area contributed by atoms with E-state index in [-0.39, 0.29) is 11.3 Å². The van der Waals surface area contributed by atoms with Crippen LogP contribution in [0.25, 0.3) is 0 Å². The number of aromatic nitrogens is 1. The van der Waals surface area contributed by atoms with Crippen LogP contribution < -0.4 is 4.74 Å². The van der Waals surface area contributed by atoms with E-state index in [1.165, 1.54) is 0 Å². The number of carbonyl (C=O) groups excluding carboxylic acids is 1. The van der Waals surface area contributed by atoms with Crippen molar-refractivity contribution >= 4 is 17.7 Å². The molecule has 1 aromatic heterocycles. The smallest absolute Gasteiger partial charge is 0.234 e. The van der Waals surface area contributed by atoms with Crippen LogP contribution in [0.5, 0.6) is 5.75 Å². The monoisotopic (exact) mass is 300 g/mol. The Balaban J connectivity index is 1.83. The van der Waals surface area contributed by atoms with E-state index >= 15 is 0 Å². The van der Waals surface area contributed by atoms with Gasteiger partial charge in [0.15, 0.2) is 0 Å². The predicted octanol–water partition coefficient (Wildman–Crippen LogP) is 2.86. The van der Waals surface area contributed by atoms with E-state index in [1.54, 1.807) is 31.3 Å². The number of amides is 1. The van der Waals surface area contributed by atoms with Crippen LogP contribution in [-0.2, 0) is 11.3 Å². The molecule has 1 aliphatic heterocycles. The lowest BCUT2D eigenvalue weighted by Gasteiger charge is -2.24. The molecule has 1 saturated heterocycles. The maximum atomic E-state index is 12.2. The maximum absolute atomic E-state index is 12.2. The molecule has 0 bridgehead atoms. The summed E-state index contributed by atoms with van der Waals surface area (Å²) in [6.45, 7) is 0.593. The number of hydrogen-bond donors (Lipinski definition) is 0. The number of thioether (sulfide) groups is 1. The van der Waals surface area contributed by atoms with Gasteiger partial charge in [-0.3, -0.25) is 9.78 Å². The number of methoxy groups -OCH3 is 1. The second-order valence-corrected chi connectivity index (χ2v) is 5.89. The van der Waals surface area contributed by atoms with Gasteiger partial charge in [0.25, 0.3) is 0 Å². The zero-order chi connectivity index (χ0) is 14.7. The fraction of sp³-hybridized carbons (Fsp3) is 0.250. The third-order valence-electron chi connectivity index (χ3n) is 3.45. The van der Waals surface area contributed by atoms with Crippen molar-refractivity contribution in [3.8, 4) is 5.75 Å². The largest absolute Gasteiger partial charge is 0.497 e. The summed E-state index contributed by atoms with van der Waals surface area (Å²) in [7, 11) is 1.65. The van der Waals surface area contributed by atoms with E-state index in [0.717, 1.165) is 16.9 Å². The topological polar surface area (TPSA) is 42.4 Å². The van der Waals surface area contributed by atoms with Crippen LogP contribution in [0.15, 0.2) is 48.8 Å². The van der Waals surface area contributed by atoms with E-state index in [2.05, 4.69) is 4.98 Å². The predicted molar refractivity (Wildman–Crippen MR) is 83.0 cm³/mol. The SMILES string of the molecule is COc1cccc(CN2C(=O)CSC2c2ccncc2)c1. The molecule has 2 aromatic rings. The van der Waals surface area contributed by atoms with Gasteiger partial charge < -0.3 is 9.64 Å². The van der Waals surface area contributed by atoms with Gasteiger partial charge in [-0.2, -0.15) is 0 Å². The fourth-order valence-corrected chi connectivity index (χ4v) is 3.58. The number of nitrogens with zero attached hydrogens (tertiary/aromatic N) is 2. The summed E-state index contributed by atoms with van der Waals surface area (Å²) in [5, 5.41) is 0.0618. The van der Waals surface area contributed by atoms with Crippen molar-refractivity contribution in [2.45, 2.75) is 11.9 Å². The standard InChI is InChI=1S/C16H16N2O2S/c1-20-14-4-2-3-12(9-14)10-18-15(19)11-21-16(18)13-5-7-17-8-6-13/h2-9,16H,10-11H2,1H3. The van der Waals surface area contributed by atoms with Crippen LogP contribution in [0.1, 0.15) is 16.5 Å². The number of ether oxygens (including phenoxy) is 1. The van der Waals surface area contributed by atoms with Crippen LogP contribution >= 0.6 is 11.8 Å². The van der Waals surface area contributed by atoms with Crippen molar-refractivity contribution in [2.24, 2.45) is 0 Å². The Kier molecular flexibility index (Phi) is 4.10. The summed E-state index contributed by atoms with van der Waals surface area (Å²) in [5.74, 6) is 1.51. The normalized spacial score (nSPS) is 18.0. The molecule has 1 aromatic carbocycles. The Labute approximate surface area is 128 Å². The minimum Gasteiger partial charge on any atom is -0.497 e. The fourth-order valence-electron chi connectivity index (χ4n) is 2.40. The molecule has 0 saturated carbocycles. The molecule has 2 heterocycles. The first-order valence-corrected chi connectivity index (χ1v) is 7.77. The Morgan fingerprint density at radius 3 is 2.90 bits per heavy atom. The van der Waals surface area contributed by atoms with Gasteiger partial charge in [0, 0.05) is 18.9 Å². The third kappa shape index (κ3) is 3.03. The van der Waals surface area contributed by atoms with Crippen LogP contribution in [0.4, 0.5) is 0 Å². The van der Waals surface area contributed by atoms with Crippen molar-refractivity contribution in [1.82, 2.24) is 9.88 Å². The summed E-state index contributed by atoms with van der Waals surface area (Å²) in [5.41, 5.74) is 2.19. The Morgan fingerprint density at radius 1 is 1.33 bits per heavy atom. The van der Waals surface area contributed by atoms with Gasteiger partial charge in [0.2, 0.25) is 5.91 Å². The molecular weight excluding hydrogens is 284 g/mol. The van der Waals surface area contributed by atoms with Crippen LogP contribution in [0, 0.1) is 0 Å². The minimum absolute atomic E-state index is 0.0618. The van der Waals surface area contributed by atoms with Gasteiger partial charge in [0.1, 0.15) is 11.1 Å². The quantitative estimate of drug-likeness (QED) is 0.871. The van der Waals surface area contributed by atoms with Gasteiger partial charge >= 0.3 is 0 Å². The molecule has 0 aliphatic carbocycles. The molecule has 1 unspecified atom stereocenters. The van der Waals surface area contributed by atoms with Crippen molar-refractivity contribution in [1.29, 1.82) is 0 Å². The first-order valence-electron chi connectivity index (χ1n) is 6.72. The summed E-state index contributed by atoms with van der Waals surface area (Å²) >= 11 is 1.66. The molecule has 1 atom stereocenters. The number of hydrogen-bond acceptors (Lipinski definition) is 4. The number of carbonyl (C=O) groups is 1. The Morgan fingerprint density at radius 2 is 2.14 bits per heavy atom. The first kappa shape index (κ1) is 13.9.